The maximum Gasteiger partial charge on any atom is 0.0905 e. The Bertz CT molecular complexity index is 553. The molecule has 3 nitrogen and oxygen atoms in total. The van der Waals surface area contributed by atoms with E-state index in [0.29, 0.717) is 17.8 Å². The summed E-state index contributed by atoms with van der Waals surface area (Å²) in [6.07, 6.45) is 11.1. The molecule has 4 aliphatic rings. The molecule has 0 bridgehead atoms. The van der Waals surface area contributed by atoms with Gasteiger partial charge in [-0.05, 0) is 55.3 Å². The number of aliphatic hydroxyl groups is 2. The van der Waals surface area contributed by atoms with Crippen molar-refractivity contribution in [1.29, 1.82) is 0 Å². The van der Waals surface area contributed by atoms with Crippen LogP contribution in [0.15, 0.2) is 23.8 Å². The van der Waals surface area contributed by atoms with Crippen LogP contribution in [0, 0.1) is 28.6 Å². The third-order valence-corrected chi connectivity index (χ3v) is 7.91. The molecule has 3 fully saturated rings. The predicted octanol–water partition coefficient (Wildman–Crippen LogP) is 3.07. The van der Waals surface area contributed by atoms with Crippen molar-refractivity contribution in [3.05, 3.63) is 23.8 Å². The number of fused-ring (bicyclic) bond motifs is 5. The number of methoxy groups -OCH3 is 1. The quantitative estimate of drug-likeness (QED) is 0.731. The third-order valence-electron chi connectivity index (χ3n) is 7.91. The smallest absolute Gasteiger partial charge is 0.0905 e. The molecule has 3 heteroatoms. The molecule has 128 valence electrons. The van der Waals surface area contributed by atoms with Gasteiger partial charge in [-0.1, -0.05) is 37.6 Å². The first-order valence-corrected chi connectivity index (χ1v) is 9.19. The van der Waals surface area contributed by atoms with Crippen LogP contribution in [0.3, 0.4) is 0 Å². The molecule has 4 rings (SSSR count). The van der Waals surface area contributed by atoms with Crippen LogP contribution < -0.4 is 0 Å². The number of ether oxygens (including phenoxy) is 1. The van der Waals surface area contributed by atoms with E-state index in [-0.39, 0.29) is 23.0 Å². The summed E-state index contributed by atoms with van der Waals surface area (Å²) in [5, 5.41) is 20.6. The maximum atomic E-state index is 10.6. The first-order chi connectivity index (χ1) is 10.9. The molecule has 0 heterocycles. The predicted molar refractivity (Wildman–Crippen MR) is 89.8 cm³/mol. The van der Waals surface area contributed by atoms with Gasteiger partial charge in [0.25, 0.3) is 0 Å². The van der Waals surface area contributed by atoms with Crippen LogP contribution in [0.25, 0.3) is 0 Å². The van der Waals surface area contributed by atoms with Crippen LogP contribution in [0.5, 0.6) is 0 Å². The fourth-order valence-corrected chi connectivity index (χ4v) is 6.48. The van der Waals surface area contributed by atoms with Crippen molar-refractivity contribution in [3.63, 3.8) is 0 Å². The Kier molecular flexibility index (Phi) is 3.57. The van der Waals surface area contributed by atoms with Crippen molar-refractivity contribution >= 4 is 0 Å². The van der Waals surface area contributed by atoms with Crippen LogP contribution in [0.1, 0.15) is 46.0 Å². The van der Waals surface area contributed by atoms with Crippen molar-refractivity contribution in [3.8, 4) is 0 Å². The minimum Gasteiger partial charge on any atom is -0.393 e. The van der Waals surface area contributed by atoms with Gasteiger partial charge in [-0.25, -0.2) is 0 Å². The van der Waals surface area contributed by atoms with Crippen molar-refractivity contribution in [1.82, 2.24) is 0 Å². The number of rotatable bonds is 1. The van der Waals surface area contributed by atoms with Gasteiger partial charge in [0.1, 0.15) is 0 Å². The fourth-order valence-electron chi connectivity index (χ4n) is 6.48. The summed E-state index contributed by atoms with van der Waals surface area (Å²) in [6.45, 7) is 4.64. The van der Waals surface area contributed by atoms with Crippen LogP contribution in [-0.2, 0) is 4.74 Å². The minimum absolute atomic E-state index is 0.0494. The Morgan fingerprint density at radius 1 is 1.13 bits per heavy atom. The molecule has 0 saturated heterocycles. The summed E-state index contributed by atoms with van der Waals surface area (Å²) in [7, 11) is 1.83. The van der Waals surface area contributed by atoms with Gasteiger partial charge in [0.15, 0.2) is 0 Å². The van der Waals surface area contributed by atoms with Gasteiger partial charge in [0, 0.05) is 12.5 Å². The van der Waals surface area contributed by atoms with E-state index in [4.69, 9.17) is 4.74 Å². The van der Waals surface area contributed by atoms with Gasteiger partial charge in [-0.2, -0.15) is 0 Å². The van der Waals surface area contributed by atoms with Crippen LogP contribution in [0.4, 0.5) is 0 Å². The maximum absolute atomic E-state index is 10.6. The first-order valence-electron chi connectivity index (χ1n) is 9.19. The molecular weight excluding hydrogens is 288 g/mol. The van der Waals surface area contributed by atoms with Gasteiger partial charge in [0.2, 0.25) is 0 Å². The van der Waals surface area contributed by atoms with Crippen LogP contribution in [0.2, 0.25) is 0 Å². The summed E-state index contributed by atoms with van der Waals surface area (Å²) in [5.74, 6) is 1.62. The summed E-state index contributed by atoms with van der Waals surface area (Å²) in [5.41, 5.74) is 1.46. The number of allylic oxidation sites excluding steroid dienone is 1. The van der Waals surface area contributed by atoms with Gasteiger partial charge in [-0.15, -0.1) is 0 Å². The van der Waals surface area contributed by atoms with Gasteiger partial charge < -0.3 is 14.9 Å². The zero-order chi connectivity index (χ0) is 16.4. The average Bonchev–Trinajstić information content (AvgIpc) is 2.83. The monoisotopic (exact) mass is 318 g/mol. The van der Waals surface area contributed by atoms with Crippen LogP contribution >= 0.6 is 0 Å². The second-order valence-corrected chi connectivity index (χ2v) is 8.73. The molecule has 3 unspecified atom stereocenters. The summed E-state index contributed by atoms with van der Waals surface area (Å²) >= 11 is 0. The molecule has 3 saturated carbocycles. The molecule has 2 N–H and O–H groups in total. The third kappa shape index (κ3) is 2.06. The molecule has 4 aliphatic carbocycles. The molecule has 0 spiro atoms. The van der Waals surface area contributed by atoms with E-state index in [9.17, 15) is 10.2 Å². The van der Waals surface area contributed by atoms with E-state index < -0.39 is 6.10 Å². The highest BCUT2D eigenvalue weighted by Gasteiger charge is 2.60. The minimum atomic E-state index is -0.450. The largest absolute Gasteiger partial charge is 0.393 e. The first kappa shape index (κ1) is 15.9. The van der Waals surface area contributed by atoms with Gasteiger partial charge >= 0.3 is 0 Å². The molecule has 0 aliphatic heterocycles. The Morgan fingerprint density at radius 2 is 1.91 bits per heavy atom. The van der Waals surface area contributed by atoms with E-state index in [2.05, 4.69) is 19.9 Å². The second-order valence-electron chi connectivity index (χ2n) is 8.73. The topological polar surface area (TPSA) is 49.7 Å². The second kappa shape index (κ2) is 5.18. The molecule has 0 amide bonds. The number of aliphatic hydroxyl groups excluding tert-OH is 2. The molecule has 0 aromatic heterocycles. The summed E-state index contributed by atoms with van der Waals surface area (Å²) < 4.78 is 5.95. The Balaban J connectivity index is 1.75. The van der Waals surface area contributed by atoms with E-state index in [1.54, 1.807) is 0 Å². The zero-order valence-electron chi connectivity index (χ0n) is 14.5. The standard InChI is InChI=1S/C20H30O3/c1-19-8-6-13(21)10-12(19)11-16(23-3)18-14-4-5-17(22)20(14,2)9-7-15(18)19/h6,8,10,13-18,21-22H,4-5,7,9,11H2,1-3H3/t13?,14-,15+,16?,17?,18-,19-,20-/m0/s1. The van der Waals surface area contributed by atoms with E-state index >= 15 is 0 Å². The highest BCUT2D eigenvalue weighted by molar-refractivity contribution is 5.35. The normalized spacial score (nSPS) is 54.9. The molecular formula is C20H30O3. The molecule has 0 aromatic carbocycles. The lowest BCUT2D eigenvalue weighted by molar-refractivity contribution is -0.119. The Morgan fingerprint density at radius 3 is 2.65 bits per heavy atom. The van der Waals surface area contributed by atoms with E-state index in [1.807, 2.05) is 19.3 Å². The van der Waals surface area contributed by atoms with E-state index in [0.717, 1.165) is 32.1 Å². The number of hydrogen-bond acceptors (Lipinski definition) is 3. The summed E-state index contributed by atoms with van der Waals surface area (Å²) in [4.78, 5) is 0. The highest BCUT2D eigenvalue weighted by Crippen LogP contribution is 2.64. The van der Waals surface area contributed by atoms with Crippen molar-refractivity contribution in [2.75, 3.05) is 7.11 Å². The Hall–Kier alpha value is -0.640. The SMILES string of the molecule is COC1CC2=CC(O)C=C[C@]2(C)[C@@H]2CC[C@]3(C)C(O)CC[C@H]3[C@H]12. The van der Waals surface area contributed by atoms with Gasteiger partial charge in [-0.3, -0.25) is 0 Å². The summed E-state index contributed by atoms with van der Waals surface area (Å²) in [6, 6.07) is 0. The van der Waals surface area contributed by atoms with Crippen molar-refractivity contribution in [2.24, 2.45) is 28.6 Å². The van der Waals surface area contributed by atoms with Gasteiger partial charge in [0.05, 0.1) is 18.3 Å². The molecule has 0 aromatic rings. The lowest BCUT2D eigenvalue weighted by atomic mass is 9.47. The lowest BCUT2D eigenvalue weighted by Gasteiger charge is -2.58. The highest BCUT2D eigenvalue weighted by atomic mass is 16.5. The average molecular weight is 318 g/mol. The molecule has 8 atom stereocenters. The van der Waals surface area contributed by atoms with Crippen molar-refractivity contribution in [2.45, 2.75) is 64.3 Å². The zero-order valence-corrected chi connectivity index (χ0v) is 14.5. The van der Waals surface area contributed by atoms with E-state index in [1.165, 1.54) is 5.57 Å². The van der Waals surface area contributed by atoms with Crippen LogP contribution in [-0.4, -0.2) is 35.6 Å². The lowest BCUT2D eigenvalue weighted by Crippen LogP contribution is -2.55. The fraction of sp³-hybridized carbons (Fsp3) is 0.800. The van der Waals surface area contributed by atoms with Crippen molar-refractivity contribution < 1.29 is 14.9 Å². The molecule has 23 heavy (non-hydrogen) atoms. The Labute approximate surface area is 139 Å². The number of hydrogen-bond donors (Lipinski definition) is 2. The molecule has 0 radical (unpaired) electrons.